The minimum atomic E-state index is -0.0265. The fraction of sp³-hybridized carbons (Fsp3) is 0.294. The smallest absolute Gasteiger partial charge is 0.273 e. The minimum Gasteiger partial charge on any atom is -0.328 e. The van der Waals surface area contributed by atoms with E-state index in [0.717, 1.165) is 24.2 Å². The Morgan fingerprint density at radius 1 is 1.36 bits per heavy atom. The molecule has 2 aromatic rings. The second kappa shape index (κ2) is 6.46. The largest absolute Gasteiger partial charge is 0.328 e. The van der Waals surface area contributed by atoms with Gasteiger partial charge in [0.05, 0.1) is 6.04 Å². The molecule has 1 aromatic carbocycles. The molecule has 1 aliphatic heterocycles. The number of hydrogen-bond donors (Lipinski definition) is 1. The first-order chi connectivity index (χ1) is 10.7. The molecule has 0 aliphatic carbocycles. The molecular formula is C17H18ClN3O. The van der Waals surface area contributed by atoms with E-state index in [1.807, 2.05) is 48.2 Å². The Hall–Kier alpha value is -1.91. The zero-order valence-corrected chi connectivity index (χ0v) is 13.2. The summed E-state index contributed by atoms with van der Waals surface area (Å²) in [6.07, 6.45) is 1.66. The van der Waals surface area contributed by atoms with Crippen molar-refractivity contribution in [2.45, 2.75) is 13.0 Å². The summed E-state index contributed by atoms with van der Waals surface area (Å²) in [4.78, 5) is 19.0. The van der Waals surface area contributed by atoms with E-state index in [4.69, 9.17) is 11.6 Å². The Kier molecular flexibility index (Phi) is 4.41. The van der Waals surface area contributed by atoms with Crippen molar-refractivity contribution in [3.8, 4) is 0 Å². The second-order valence-corrected chi connectivity index (χ2v) is 5.88. The number of amides is 1. The quantitative estimate of drug-likeness (QED) is 0.927. The molecule has 2 heterocycles. The minimum absolute atomic E-state index is 0.0235. The van der Waals surface area contributed by atoms with Gasteiger partial charge in [-0.3, -0.25) is 9.78 Å². The zero-order chi connectivity index (χ0) is 15.5. The lowest BCUT2D eigenvalue weighted by molar-refractivity contribution is 0.0627. The molecule has 0 saturated carbocycles. The SMILES string of the molecule is Cc1cccnc1C(=O)N1CCNCC1c1cccc(Cl)c1. The number of hydrogen-bond acceptors (Lipinski definition) is 3. The highest BCUT2D eigenvalue weighted by Gasteiger charge is 2.29. The van der Waals surface area contributed by atoms with Crippen LogP contribution in [0.2, 0.25) is 5.02 Å². The Balaban J connectivity index is 1.93. The van der Waals surface area contributed by atoms with Gasteiger partial charge in [-0.2, -0.15) is 0 Å². The third-order valence-electron chi connectivity index (χ3n) is 3.95. The molecule has 114 valence electrons. The van der Waals surface area contributed by atoms with Crippen LogP contribution in [0.5, 0.6) is 0 Å². The molecule has 1 atom stereocenters. The molecule has 1 N–H and O–H groups in total. The first kappa shape index (κ1) is 15.0. The maximum atomic E-state index is 12.9. The summed E-state index contributed by atoms with van der Waals surface area (Å²) in [6, 6.07) is 11.4. The molecule has 22 heavy (non-hydrogen) atoms. The number of pyridine rings is 1. The van der Waals surface area contributed by atoms with E-state index in [-0.39, 0.29) is 11.9 Å². The van der Waals surface area contributed by atoms with Gasteiger partial charge < -0.3 is 10.2 Å². The van der Waals surface area contributed by atoms with Gasteiger partial charge in [-0.15, -0.1) is 0 Å². The normalized spacial score (nSPS) is 18.3. The van der Waals surface area contributed by atoms with Crippen LogP contribution in [-0.2, 0) is 0 Å². The van der Waals surface area contributed by atoms with Gasteiger partial charge in [0.15, 0.2) is 0 Å². The Morgan fingerprint density at radius 3 is 3.00 bits per heavy atom. The predicted octanol–water partition coefficient (Wildman–Crippen LogP) is 2.83. The average molecular weight is 316 g/mol. The summed E-state index contributed by atoms with van der Waals surface area (Å²) >= 11 is 6.10. The van der Waals surface area contributed by atoms with E-state index >= 15 is 0 Å². The molecule has 0 radical (unpaired) electrons. The van der Waals surface area contributed by atoms with Crippen LogP contribution in [0.4, 0.5) is 0 Å². The lowest BCUT2D eigenvalue weighted by Crippen LogP contribution is -2.49. The van der Waals surface area contributed by atoms with E-state index in [0.29, 0.717) is 17.3 Å². The van der Waals surface area contributed by atoms with Gasteiger partial charge in [0.1, 0.15) is 5.69 Å². The highest BCUT2D eigenvalue weighted by Crippen LogP contribution is 2.26. The van der Waals surface area contributed by atoms with Crippen LogP contribution in [0.1, 0.15) is 27.7 Å². The fourth-order valence-electron chi connectivity index (χ4n) is 2.80. The number of aryl methyl sites for hydroxylation is 1. The molecule has 0 bridgehead atoms. The van der Waals surface area contributed by atoms with Crippen molar-refractivity contribution < 1.29 is 4.79 Å². The van der Waals surface area contributed by atoms with Crippen LogP contribution >= 0.6 is 11.6 Å². The van der Waals surface area contributed by atoms with Gasteiger partial charge in [-0.1, -0.05) is 29.8 Å². The molecule has 4 nitrogen and oxygen atoms in total. The number of carbonyl (C=O) groups excluding carboxylic acids is 1. The van der Waals surface area contributed by atoms with E-state index in [2.05, 4.69) is 10.3 Å². The van der Waals surface area contributed by atoms with Crippen LogP contribution in [0.15, 0.2) is 42.6 Å². The van der Waals surface area contributed by atoms with Gasteiger partial charge in [-0.05, 0) is 36.2 Å². The lowest BCUT2D eigenvalue weighted by atomic mass is 10.0. The molecule has 5 heteroatoms. The van der Waals surface area contributed by atoms with Gasteiger partial charge in [-0.25, -0.2) is 0 Å². The molecule has 1 unspecified atom stereocenters. The first-order valence-electron chi connectivity index (χ1n) is 7.35. The maximum absolute atomic E-state index is 12.9. The fourth-order valence-corrected chi connectivity index (χ4v) is 3.00. The van der Waals surface area contributed by atoms with E-state index < -0.39 is 0 Å². The highest BCUT2D eigenvalue weighted by molar-refractivity contribution is 6.30. The van der Waals surface area contributed by atoms with Crippen molar-refractivity contribution in [2.75, 3.05) is 19.6 Å². The molecule has 1 amide bonds. The van der Waals surface area contributed by atoms with Crippen molar-refractivity contribution in [1.29, 1.82) is 0 Å². The van der Waals surface area contributed by atoms with Gasteiger partial charge in [0.2, 0.25) is 0 Å². The van der Waals surface area contributed by atoms with Gasteiger partial charge in [0, 0.05) is 30.9 Å². The third-order valence-corrected chi connectivity index (χ3v) is 4.18. The summed E-state index contributed by atoms with van der Waals surface area (Å²) < 4.78 is 0. The van der Waals surface area contributed by atoms with Crippen molar-refractivity contribution in [3.63, 3.8) is 0 Å². The molecule has 1 aliphatic rings. The molecule has 1 aromatic heterocycles. The molecule has 1 fully saturated rings. The predicted molar refractivity (Wildman–Crippen MR) is 87.1 cm³/mol. The second-order valence-electron chi connectivity index (χ2n) is 5.44. The van der Waals surface area contributed by atoms with Gasteiger partial charge in [0.25, 0.3) is 5.91 Å². The summed E-state index contributed by atoms with van der Waals surface area (Å²) in [5.41, 5.74) is 2.47. The maximum Gasteiger partial charge on any atom is 0.273 e. The Labute approximate surface area is 135 Å². The van der Waals surface area contributed by atoms with Crippen molar-refractivity contribution in [2.24, 2.45) is 0 Å². The van der Waals surface area contributed by atoms with Gasteiger partial charge >= 0.3 is 0 Å². The number of carbonyl (C=O) groups is 1. The van der Waals surface area contributed by atoms with Crippen LogP contribution in [0.3, 0.4) is 0 Å². The molecular weight excluding hydrogens is 298 g/mol. The third kappa shape index (κ3) is 2.98. The highest BCUT2D eigenvalue weighted by atomic mass is 35.5. The lowest BCUT2D eigenvalue weighted by Gasteiger charge is -2.36. The molecule has 0 spiro atoms. The van der Waals surface area contributed by atoms with Crippen molar-refractivity contribution >= 4 is 17.5 Å². The van der Waals surface area contributed by atoms with Crippen LogP contribution in [0, 0.1) is 6.92 Å². The van der Waals surface area contributed by atoms with Crippen molar-refractivity contribution in [3.05, 3.63) is 64.4 Å². The summed E-state index contributed by atoms with van der Waals surface area (Å²) in [7, 11) is 0. The summed E-state index contributed by atoms with van der Waals surface area (Å²) in [6.45, 7) is 4.08. The Bertz CT molecular complexity index is 689. The zero-order valence-electron chi connectivity index (χ0n) is 12.4. The number of nitrogens with zero attached hydrogens (tertiary/aromatic N) is 2. The standard InChI is InChI=1S/C17H18ClN3O/c1-12-4-3-7-20-16(12)17(22)21-9-8-19-11-15(21)13-5-2-6-14(18)10-13/h2-7,10,15,19H,8-9,11H2,1H3. The summed E-state index contributed by atoms with van der Waals surface area (Å²) in [5.74, 6) is -0.0235. The van der Waals surface area contributed by atoms with Crippen molar-refractivity contribution in [1.82, 2.24) is 15.2 Å². The topological polar surface area (TPSA) is 45.2 Å². The van der Waals surface area contributed by atoms with E-state index in [9.17, 15) is 4.79 Å². The number of rotatable bonds is 2. The average Bonchev–Trinajstić information content (AvgIpc) is 2.55. The van der Waals surface area contributed by atoms with Crippen LogP contribution in [0.25, 0.3) is 0 Å². The number of nitrogens with one attached hydrogen (secondary N) is 1. The molecule has 3 rings (SSSR count). The Morgan fingerprint density at radius 2 is 2.23 bits per heavy atom. The van der Waals surface area contributed by atoms with E-state index in [1.54, 1.807) is 6.20 Å². The first-order valence-corrected chi connectivity index (χ1v) is 7.73. The number of aromatic nitrogens is 1. The van der Waals surface area contributed by atoms with Crippen LogP contribution in [-0.4, -0.2) is 35.4 Å². The summed E-state index contributed by atoms with van der Waals surface area (Å²) in [5, 5.41) is 4.03. The number of halogens is 1. The van der Waals surface area contributed by atoms with Crippen LogP contribution < -0.4 is 5.32 Å². The number of benzene rings is 1. The molecule has 1 saturated heterocycles. The monoisotopic (exact) mass is 315 g/mol. The number of piperazine rings is 1. The van der Waals surface area contributed by atoms with E-state index in [1.165, 1.54) is 0 Å².